The van der Waals surface area contributed by atoms with Crippen molar-refractivity contribution in [3.63, 3.8) is 0 Å². The molecule has 0 bridgehead atoms. The molecule has 150 valence electrons. The molecule has 1 aliphatic rings. The molecule has 2 atom stereocenters. The van der Waals surface area contributed by atoms with Gasteiger partial charge in [-0.15, -0.1) is 0 Å². The van der Waals surface area contributed by atoms with E-state index in [1.54, 1.807) is 36.4 Å². The van der Waals surface area contributed by atoms with E-state index in [0.717, 1.165) is 5.75 Å². The van der Waals surface area contributed by atoms with E-state index in [1.165, 1.54) is 7.11 Å². The second-order valence-corrected chi connectivity index (χ2v) is 7.95. The maximum absolute atomic E-state index is 12.1. The van der Waals surface area contributed by atoms with Gasteiger partial charge in [0.25, 0.3) is 0 Å². The van der Waals surface area contributed by atoms with Crippen molar-refractivity contribution in [2.24, 2.45) is 0 Å². The SMILES string of the molecule is COC(=O)c1ccccc1C(N1CCC(Oc2ccc(Cl)cc2)CC1)S(=O)O. The minimum atomic E-state index is -2.17. The van der Waals surface area contributed by atoms with Crippen LogP contribution in [0.1, 0.15) is 34.1 Å². The van der Waals surface area contributed by atoms with Crippen LogP contribution in [-0.4, -0.2) is 45.9 Å². The summed E-state index contributed by atoms with van der Waals surface area (Å²) in [7, 11) is 1.30. The fourth-order valence-corrected chi connectivity index (χ4v) is 4.39. The van der Waals surface area contributed by atoms with Crippen molar-refractivity contribution >= 4 is 28.7 Å². The van der Waals surface area contributed by atoms with Crippen LogP contribution < -0.4 is 4.74 Å². The van der Waals surface area contributed by atoms with Crippen molar-refractivity contribution in [3.05, 3.63) is 64.7 Å². The average molecular weight is 424 g/mol. The van der Waals surface area contributed by atoms with Gasteiger partial charge in [-0.3, -0.25) is 4.90 Å². The van der Waals surface area contributed by atoms with Gasteiger partial charge in [-0.1, -0.05) is 29.8 Å². The van der Waals surface area contributed by atoms with Crippen LogP contribution in [0.4, 0.5) is 0 Å². The van der Waals surface area contributed by atoms with Gasteiger partial charge in [0.2, 0.25) is 0 Å². The molecule has 3 rings (SSSR count). The van der Waals surface area contributed by atoms with Gasteiger partial charge in [-0.25, -0.2) is 9.00 Å². The maximum atomic E-state index is 12.1. The number of ether oxygens (including phenoxy) is 2. The highest BCUT2D eigenvalue weighted by Crippen LogP contribution is 2.31. The number of methoxy groups -OCH3 is 1. The zero-order valence-corrected chi connectivity index (χ0v) is 17.0. The predicted octanol–water partition coefficient (Wildman–Crippen LogP) is 3.89. The highest BCUT2D eigenvalue weighted by molar-refractivity contribution is 7.79. The molecule has 1 N–H and O–H groups in total. The zero-order valence-electron chi connectivity index (χ0n) is 15.4. The van der Waals surface area contributed by atoms with E-state index in [-0.39, 0.29) is 6.10 Å². The van der Waals surface area contributed by atoms with Gasteiger partial charge >= 0.3 is 5.97 Å². The fourth-order valence-electron chi connectivity index (χ4n) is 3.37. The summed E-state index contributed by atoms with van der Waals surface area (Å²) in [6, 6.07) is 14.0. The first kappa shape index (κ1) is 20.8. The van der Waals surface area contributed by atoms with E-state index in [9.17, 15) is 13.6 Å². The number of carbonyl (C=O) groups is 1. The molecule has 0 spiro atoms. The molecule has 0 radical (unpaired) electrons. The number of hydrogen-bond donors (Lipinski definition) is 1. The molecule has 0 saturated carbocycles. The van der Waals surface area contributed by atoms with Crippen LogP contribution in [0.2, 0.25) is 5.02 Å². The number of likely N-dealkylation sites (tertiary alicyclic amines) is 1. The standard InChI is InChI=1S/C20H22ClNO5S/c1-26-20(23)18-5-3-2-4-17(18)19(28(24)25)22-12-10-16(11-13-22)27-15-8-6-14(21)7-9-15/h2-9,16,19H,10-13H2,1H3,(H,24,25). The topological polar surface area (TPSA) is 76.1 Å². The highest BCUT2D eigenvalue weighted by atomic mass is 35.5. The van der Waals surface area contributed by atoms with Crippen LogP contribution in [0.3, 0.4) is 0 Å². The van der Waals surface area contributed by atoms with Crippen molar-refractivity contribution in [3.8, 4) is 5.75 Å². The predicted molar refractivity (Wildman–Crippen MR) is 108 cm³/mol. The lowest BCUT2D eigenvalue weighted by molar-refractivity contribution is 0.0594. The van der Waals surface area contributed by atoms with Crippen molar-refractivity contribution in [1.29, 1.82) is 0 Å². The summed E-state index contributed by atoms with van der Waals surface area (Å²) >= 11 is 3.72. The Kier molecular flexibility index (Phi) is 7.07. The first-order valence-corrected chi connectivity index (χ1v) is 10.5. The molecule has 1 saturated heterocycles. The zero-order chi connectivity index (χ0) is 20.1. The molecular formula is C20H22ClNO5S. The molecule has 8 heteroatoms. The second-order valence-electron chi connectivity index (χ2n) is 6.51. The number of nitrogens with zero attached hydrogens (tertiary/aromatic N) is 1. The van der Waals surface area contributed by atoms with Crippen LogP contribution in [0, 0.1) is 0 Å². The highest BCUT2D eigenvalue weighted by Gasteiger charge is 2.33. The number of hydrogen-bond acceptors (Lipinski definition) is 5. The minimum Gasteiger partial charge on any atom is -0.490 e. The molecule has 1 aliphatic heterocycles. The number of benzene rings is 2. The van der Waals surface area contributed by atoms with Crippen molar-refractivity contribution in [2.45, 2.75) is 24.3 Å². The van der Waals surface area contributed by atoms with Gasteiger partial charge in [-0.05, 0) is 48.7 Å². The van der Waals surface area contributed by atoms with E-state index in [4.69, 9.17) is 21.1 Å². The van der Waals surface area contributed by atoms with E-state index >= 15 is 0 Å². The smallest absolute Gasteiger partial charge is 0.338 e. The van der Waals surface area contributed by atoms with Gasteiger partial charge in [0, 0.05) is 18.1 Å². The lowest BCUT2D eigenvalue weighted by Crippen LogP contribution is -2.42. The molecule has 1 fully saturated rings. The maximum Gasteiger partial charge on any atom is 0.338 e. The molecule has 0 aromatic heterocycles. The van der Waals surface area contributed by atoms with Crippen molar-refractivity contribution in [2.75, 3.05) is 20.2 Å². The summed E-state index contributed by atoms with van der Waals surface area (Å²) < 4.78 is 32.9. The van der Waals surface area contributed by atoms with E-state index in [0.29, 0.717) is 42.1 Å². The largest absolute Gasteiger partial charge is 0.490 e. The van der Waals surface area contributed by atoms with Crippen LogP contribution in [0.25, 0.3) is 0 Å². The molecule has 2 aromatic carbocycles. The monoisotopic (exact) mass is 423 g/mol. The van der Waals surface area contributed by atoms with Crippen LogP contribution >= 0.6 is 11.6 Å². The van der Waals surface area contributed by atoms with Gasteiger partial charge in [0.1, 0.15) is 17.2 Å². The quantitative estimate of drug-likeness (QED) is 0.561. The number of piperidine rings is 1. The Labute approximate surface area is 171 Å². The molecule has 6 nitrogen and oxygen atoms in total. The summed E-state index contributed by atoms with van der Waals surface area (Å²) in [6.45, 7) is 1.15. The summed E-state index contributed by atoms with van der Waals surface area (Å²) in [5.74, 6) is 0.230. The Bertz CT molecular complexity index is 837. The second kappa shape index (κ2) is 9.52. The van der Waals surface area contributed by atoms with Gasteiger partial charge in [0.15, 0.2) is 11.1 Å². The normalized spacial score (nSPS) is 17.7. The number of rotatable bonds is 6. The molecule has 2 unspecified atom stereocenters. The summed E-state index contributed by atoms with van der Waals surface area (Å²) in [5, 5.41) is -0.147. The molecule has 0 aliphatic carbocycles. The van der Waals surface area contributed by atoms with E-state index < -0.39 is 22.4 Å². The number of carbonyl (C=O) groups excluding carboxylic acids is 1. The van der Waals surface area contributed by atoms with Crippen LogP contribution in [0.15, 0.2) is 48.5 Å². The number of halogens is 1. The van der Waals surface area contributed by atoms with Crippen LogP contribution in [-0.2, 0) is 15.8 Å². The third-order valence-corrected chi connectivity index (χ3v) is 5.93. The van der Waals surface area contributed by atoms with Crippen LogP contribution in [0.5, 0.6) is 5.75 Å². The van der Waals surface area contributed by atoms with Gasteiger partial charge in [-0.2, -0.15) is 0 Å². The van der Waals surface area contributed by atoms with E-state index in [1.807, 2.05) is 17.0 Å². The Morgan fingerprint density at radius 1 is 1.18 bits per heavy atom. The summed E-state index contributed by atoms with van der Waals surface area (Å²) in [6.07, 6.45) is 1.43. The minimum absolute atomic E-state index is 0.0149. The Hall–Kier alpha value is -1.93. The molecular weight excluding hydrogens is 402 g/mol. The molecule has 28 heavy (non-hydrogen) atoms. The third kappa shape index (κ3) is 4.91. The molecule has 0 amide bonds. The lowest BCUT2D eigenvalue weighted by atomic mass is 10.0. The van der Waals surface area contributed by atoms with Crippen molar-refractivity contribution in [1.82, 2.24) is 4.90 Å². The summed E-state index contributed by atoms with van der Waals surface area (Å²) in [4.78, 5) is 14.0. The molecule has 2 aromatic rings. The Morgan fingerprint density at radius 2 is 1.82 bits per heavy atom. The van der Waals surface area contributed by atoms with E-state index in [2.05, 4.69) is 0 Å². The Morgan fingerprint density at radius 3 is 2.43 bits per heavy atom. The fraction of sp³-hybridized carbons (Fsp3) is 0.350. The molecule has 1 heterocycles. The lowest BCUT2D eigenvalue weighted by Gasteiger charge is -2.36. The number of esters is 1. The van der Waals surface area contributed by atoms with Crippen molar-refractivity contribution < 1.29 is 23.0 Å². The first-order chi connectivity index (χ1) is 13.5. The Balaban J connectivity index is 1.71. The van der Waals surface area contributed by atoms with Gasteiger partial charge < -0.3 is 14.0 Å². The van der Waals surface area contributed by atoms with Gasteiger partial charge in [0.05, 0.1) is 12.7 Å². The third-order valence-electron chi connectivity index (χ3n) is 4.75. The summed E-state index contributed by atoms with van der Waals surface area (Å²) in [5.41, 5.74) is 0.796. The average Bonchev–Trinajstić information content (AvgIpc) is 2.71. The first-order valence-electron chi connectivity index (χ1n) is 8.92.